The summed E-state index contributed by atoms with van der Waals surface area (Å²) in [6.45, 7) is 0. The molecule has 2 aromatic carbocycles. The van der Waals surface area contributed by atoms with Crippen LogP contribution in [0, 0.1) is 0 Å². The van der Waals surface area contributed by atoms with Crippen LogP contribution in [0.3, 0.4) is 0 Å². The fraction of sp³-hybridized carbons (Fsp3) is 0.200. The van der Waals surface area contributed by atoms with E-state index in [-0.39, 0.29) is 18.6 Å². The molecule has 1 aliphatic rings. The highest BCUT2D eigenvalue weighted by Gasteiger charge is 2.25. The molecule has 0 radical (unpaired) electrons. The Bertz CT molecular complexity index is 610. The fourth-order valence-corrected chi connectivity index (χ4v) is 2.98. The van der Waals surface area contributed by atoms with E-state index in [2.05, 4.69) is 11.4 Å². The van der Waals surface area contributed by atoms with Crippen LogP contribution in [0.4, 0.5) is 0 Å². The maximum absolute atomic E-state index is 6.28. The molecule has 1 aliphatic heterocycles. The maximum Gasteiger partial charge on any atom is 0.154 e. The van der Waals surface area contributed by atoms with E-state index in [9.17, 15) is 0 Å². The lowest BCUT2D eigenvalue weighted by molar-refractivity contribution is 0.204. The summed E-state index contributed by atoms with van der Waals surface area (Å²) in [5.74, 6) is 0.872. The zero-order valence-corrected chi connectivity index (χ0v) is 13.1. The predicted octanol–water partition coefficient (Wildman–Crippen LogP) is 4.56. The normalized spacial score (nSPS) is 16.2. The molecule has 2 nitrogen and oxygen atoms in total. The van der Waals surface area contributed by atoms with E-state index in [1.165, 1.54) is 5.56 Å². The number of halogens is 3. The van der Waals surface area contributed by atoms with Crippen LogP contribution in [0.1, 0.15) is 5.56 Å². The van der Waals surface area contributed by atoms with Gasteiger partial charge in [0, 0.05) is 17.5 Å². The van der Waals surface area contributed by atoms with Crippen LogP contribution in [-0.2, 0) is 6.42 Å². The van der Waals surface area contributed by atoms with Crippen molar-refractivity contribution in [2.45, 2.75) is 12.6 Å². The molecule has 1 N–H and O–H groups in total. The number of para-hydroxylation sites is 1. The lowest BCUT2D eigenvalue weighted by Gasteiger charge is -2.13. The van der Waals surface area contributed by atoms with E-state index in [4.69, 9.17) is 27.9 Å². The molecule has 0 bridgehead atoms. The standard InChI is InChI=1S/C15H13Cl2NO.ClH/c1-18-13-8-9-4-2-5-10(15(9)19-13)14-11(16)6-3-7-12(14)17;/h2-7,13,18H,8H2,1H3;1H. The largest absolute Gasteiger partial charge is 0.474 e. The molecule has 20 heavy (non-hydrogen) atoms. The Morgan fingerprint density at radius 3 is 2.40 bits per heavy atom. The van der Waals surface area contributed by atoms with Crippen LogP contribution < -0.4 is 10.1 Å². The molecule has 0 spiro atoms. The van der Waals surface area contributed by atoms with Crippen LogP contribution >= 0.6 is 35.6 Å². The summed E-state index contributed by atoms with van der Waals surface area (Å²) in [6, 6.07) is 11.6. The topological polar surface area (TPSA) is 21.3 Å². The minimum Gasteiger partial charge on any atom is -0.474 e. The number of likely N-dealkylation sites (N-methyl/N-ethyl adjacent to an activating group) is 1. The average Bonchev–Trinajstić information content (AvgIpc) is 2.82. The smallest absolute Gasteiger partial charge is 0.154 e. The van der Waals surface area contributed by atoms with Gasteiger partial charge in [0.05, 0.1) is 10.0 Å². The van der Waals surface area contributed by atoms with Crippen molar-refractivity contribution in [2.24, 2.45) is 0 Å². The van der Waals surface area contributed by atoms with Gasteiger partial charge in [-0.3, -0.25) is 5.32 Å². The molecule has 1 heterocycles. The van der Waals surface area contributed by atoms with Crippen molar-refractivity contribution < 1.29 is 4.74 Å². The molecule has 0 saturated carbocycles. The van der Waals surface area contributed by atoms with Crippen molar-refractivity contribution in [1.29, 1.82) is 0 Å². The molecule has 0 fully saturated rings. The summed E-state index contributed by atoms with van der Waals surface area (Å²) in [6.07, 6.45) is 0.860. The average molecular weight is 331 g/mol. The van der Waals surface area contributed by atoms with Crippen LogP contribution in [0.15, 0.2) is 36.4 Å². The Morgan fingerprint density at radius 1 is 1.10 bits per heavy atom. The number of fused-ring (bicyclic) bond motifs is 1. The third kappa shape index (κ3) is 2.61. The second-order valence-electron chi connectivity index (χ2n) is 4.49. The van der Waals surface area contributed by atoms with Crippen molar-refractivity contribution in [3.63, 3.8) is 0 Å². The van der Waals surface area contributed by atoms with Gasteiger partial charge in [-0.15, -0.1) is 12.4 Å². The van der Waals surface area contributed by atoms with Gasteiger partial charge in [0.1, 0.15) is 5.75 Å². The predicted molar refractivity (Wildman–Crippen MR) is 86.3 cm³/mol. The van der Waals surface area contributed by atoms with Gasteiger partial charge in [-0.2, -0.15) is 0 Å². The first-order chi connectivity index (χ1) is 9.20. The fourth-order valence-electron chi connectivity index (χ4n) is 2.38. The van der Waals surface area contributed by atoms with Gasteiger partial charge in [-0.05, 0) is 24.7 Å². The number of hydrogen-bond acceptors (Lipinski definition) is 2. The number of rotatable bonds is 2. The monoisotopic (exact) mass is 329 g/mol. The summed E-state index contributed by atoms with van der Waals surface area (Å²) in [5, 5.41) is 4.40. The van der Waals surface area contributed by atoms with Crippen molar-refractivity contribution in [3.8, 4) is 16.9 Å². The van der Waals surface area contributed by atoms with Crippen LogP contribution in [0.5, 0.6) is 5.75 Å². The van der Waals surface area contributed by atoms with Crippen molar-refractivity contribution >= 4 is 35.6 Å². The van der Waals surface area contributed by atoms with E-state index in [1.54, 1.807) is 0 Å². The van der Waals surface area contributed by atoms with Gasteiger partial charge in [0.2, 0.25) is 0 Å². The Morgan fingerprint density at radius 2 is 1.75 bits per heavy atom. The summed E-state index contributed by atoms with van der Waals surface area (Å²) in [7, 11) is 1.89. The number of benzene rings is 2. The molecule has 5 heteroatoms. The minimum atomic E-state index is 0. The Hall–Kier alpha value is -0.930. The number of hydrogen-bond donors (Lipinski definition) is 1. The van der Waals surface area contributed by atoms with Crippen molar-refractivity contribution in [3.05, 3.63) is 52.0 Å². The third-order valence-electron chi connectivity index (χ3n) is 3.32. The highest BCUT2D eigenvalue weighted by Crippen LogP contribution is 2.43. The first kappa shape index (κ1) is 15.5. The van der Waals surface area contributed by atoms with Gasteiger partial charge >= 0.3 is 0 Å². The molecular weight excluding hydrogens is 317 g/mol. The summed E-state index contributed by atoms with van der Waals surface area (Å²) < 4.78 is 5.92. The molecule has 3 rings (SSSR count). The van der Waals surface area contributed by atoms with Gasteiger partial charge in [0.15, 0.2) is 6.23 Å². The highest BCUT2D eigenvalue weighted by molar-refractivity contribution is 6.39. The summed E-state index contributed by atoms with van der Waals surface area (Å²) in [5.41, 5.74) is 2.96. The molecule has 2 aromatic rings. The highest BCUT2D eigenvalue weighted by atomic mass is 35.5. The third-order valence-corrected chi connectivity index (χ3v) is 3.95. The van der Waals surface area contributed by atoms with Crippen LogP contribution in [0.2, 0.25) is 10.0 Å². The SMILES string of the molecule is CNC1Cc2cccc(-c3c(Cl)cccc3Cl)c2O1.Cl. The molecule has 1 unspecified atom stereocenters. The molecular formula is C15H14Cl3NO. The van der Waals surface area contributed by atoms with Crippen LogP contribution in [0.25, 0.3) is 11.1 Å². The number of ether oxygens (including phenoxy) is 1. The quantitative estimate of drug-likeness (QED) is 0.871. The Labute approximate surface area is 134 Å². The van der Waals surface area contributed by atoms with E-state index < -0.39 is 0 Å². The van der Waals surface area contributed by atoms with Gasteiger partial charge in [-0.25, -0.2) is 0 Å². The molecule has 0 amide bonds. The second kappa shape index (κ2) is 6.23. The lowest BCUT2D eigenvalue weighted by Crippen LogP contribution is -2.29. The van der Waals surface area contributed by atoms with Crippen molar-refractivity contribution in [1.82, 2.24) is 5.32 Å². The Balaban J connectivity index is 0.00000147. The van der Waals surface area contributed by atoms with Gasteiger partial charge in [0.25, 0.3) is 0 Å². The second-order valence-corrected chi connectivity index (χ2v) is 5.30. The number of nitrogens with one attached hydrogen (secondary N) is 1. The summed E-state index contributed by atoms with van der Waals surface area (Å²) >= 11 is 12.6. The van der Waals surface area contributed by atoms with Crippen molar-refractivity contribution in [2.75, 3.05) is 7.05 Å². The van der Waals surface area contributed by atoms with E-state index in [0.29, 0.717) is 10.0 Å². The minimum absolute atomic E-state index is 0. The van der Waals surface area contributed by atoms with Gasteiger partial charge in [-0.1, -0.05) is 47.5 Å². The maximum atomic E-state index is 6.28. The first-order valence-corrected chi connectivity index (χ1v) is 6.86. The molecule has 1 atom stereocenters. The molecule has 0 aliphatic carbocycles. The molecule has 106 valence electrons. The van der Waals surface area contributed by atoms with E-state index in [0.717, 1.165) is 23.3 Å². The lowest BCUT2D eigenvalue weighted by atomic mass is 10.0. The molecule has 0 aromatic heterocycles. The van der Waals surface area contributed by atoms with Crippen LogP contribution in [-0.4, -0.2) is 13.3 Å². The Kier molecular flexibility index (Phi) is 4.82. The first-order valence-electron chi connectivity index (χ1n) is 6.11. The summed E-state index contributed by atoms with van der Waals surface area (Å²) in [4.78, 5) is 0. The zero-order chi connectivity index (χ0) is 13.4. The van der Waals surface area contributed by atoms with Gasteiger partial charge < -0.3 is 4.74 Å². The van der Waals surface area contributed by atoms with E-state index >= 15 is 0 Å². The zero-order valence-electron chi connectivity index (χ0n) is 10.8. The van der Waals surface area contributed by atoms with E-state index in [1.807, 2.05) is 37.4 Å². The molecule has 0 saturated heterocycles.